The third-order valence-corrected chi connectivity index (χ3v) is 8.99. The highest BCUT2D eigenvalue weighted by Gasteiger charge is 2.53. The molecule has 0 radical (unpaired) electrons. The monoisotopic (exact) mass is 603 g/mol. The van der Waals surface area contributed by atoms with Crippen LogP contribution in [0.4, 0.5) is 5.13 Å². The normalized spacial score (nSPS) is 19.0. The number of thiazole rings is 1. The summed E-state index contributed by atoms with van der Waals surface area (Å²) in [6.07, 6.45) is 3.57. The Hall–Kier alpha value is -3.67. The van der Waals surface area contributed by atoms with Crippen molar-refractivity contribution in [3.8, 4) is 0 Å². The number of imidazole rings is 1. The Morgan fingerprint density at radius 3 is 2.92 bits per heavy atom. The van der Waals surface area contributed by atoms with Gasteiger partial charge in [0, 0.05) is 35.1 Å². The van der Waals surface area contributed by atoms with Crippen molar-refractivity contribution in [2.24, 2.45) is 10.9 Å². The largest absolute Gasteiger partial charge is 0.543 e. The van der Waals surface area contributed by atoms with Gasteiger partial charge in [-0.15, -0.1) is 39.4 Å². The maximum atomic E-state index is 13.1. The first-order chi connectivity index (χ1) is 19.3. The smallest absolute Gasteiger partial charge is 0.307 e. The molecule has 14 nitrogen and oxygen atoms in total. The number of thioether (sulfide) groups is 2. The van der Waals surface area contributed by atoms with Gasteiger partial charge in [0.15, 0.2) is 17.0 Å². The van der Waals surface area contributed by atoms with E-state index in [1.54, 1.807) is 41.0 Å². The summed E-state index contributed by atoms with van der Waals surface area (Å²) < 4.78 is 3.55. The predicted octanol–water partition coefficient (Wildman–Crippen LogP) is -1.44. The minimum atomic E-state index is -1.46. The molecule has 0 bridgehead atoms. The van der Waals surface area contributed by atoms with Crippen molar-refractivity contribution in [3.05, 3.63) is 46.9 Å². The molecule has 1 fully saturated rings. The number of hydrogen-bond donors (Lipinski definition) is 3. The number of rotatable bonds is 11. The van der Waals surface area contributed by atoms with E-state index in [4.69, 9.17) is 16.3 Å². The van der Waals surface area contributed by atoms with E-state index in [1.165, 1.54) is 16.7 Å². The van der Waals surface area contributed by atoms with Crippen molar-refractivity contribution in [1.82, 2.24) is 24.8 Å². The minimum Gasteiger partial charge on any atom is -0.543 e. The summed E-state index contributed by atoms with van der Waals surface area (Å²) in [6.45, 7) is 2.68. The first-order valence-corrected chi connectivity index (χ1v) is 15.0. The molecule has 0 aromatic carbocycles. The van der Waals surface area contributed by atoms with Crippen molar-refractivity contribution in [1.29, 1.82) is 0 Å². The van der Waals surface area contributed by atoms with Crippen LogP contribution >= 0.6 is 34.9 Å². The number of carboxylic acid groups (broad SMARTS) is 1. The highest BCUT2D eigenvalue weighted by Crippen LogP contribution is 2.40. The fraction of sp³-hybridized carbons (Fsp3) is 0.348. The van der Waals surface area contributed by atoms with E-state index in [9.17, 15) is 19.5 Å². The van der Waals surface area contributed by atoms with Crippen LogP contribution in [0.3, 0.4) is 0 Å². The zero-order chi connectivity index (χ0) is 28.4. The molecule has 0 spiro atoms. The van der Waals surface area contributed by atoms with Gasteiger partial charge in [-0.1, -0.05) is 10.3 Å². The molecule has 0 unspecified atom stereocenters. The predicted molar refractivity (Wildman–Crippen MR) is 147 cm³/mol. The number of carbonyl (C=O) groups excluding carboxylic acids is 3. The Bertz CT molecular complexity index is 1530. The Balaban J connectivity index is 1.34. The lowest BCUT2D eigenvalue weighted by molar-refractivity contribution is -0.662. The zero-order valence-electron chi connectivity index (χ0n) is 21.2. The number of nitrogen functional groups attached to an aromatic ring is 1. The number of amides is 2. The van der Waals surface area contributed by atoms with Gasteiger partial charge in [-0.05, 0) is 13.0 Å². The summed E-state index contributed by atoms with van der Waals surface area (Å²) in [5.74, 6) is -1.65. The van der Waals surface area contributed by atoms with Gasteiger partial charge in [0.1, 0.15) is 41.5 Å². The highest BCUT2D eigenvalue weighted by atomic mass is 32.2. The molecule has 3 aromatic rings. The molecular weight excluding hydrogens is 579 g/mol. The van der Waals surface area contributed by atoms with Crippen LogP contribution in [0.15, 0.2) is 51.4 Å². The number of aliphatic carboxylic acids is 1. The molecule has 17 heteroatoms. The summed E-state index contributed by atoms with van der Waals surface area (Å²) in [5.41, 5.74) is 12.4. The zero-order valence-corrected chi connectivity index (χ0v) is 23.6. The van der Waals surface area contributed by atoms with Crippen LogP contribution in [-0.2, 0) is 25.8 Å². The fourth-order valence-corrected chi connectivity index (χ4v) is 6.80. The number of hydrogen-bond acceptors (Lipinski definition) is 13. The molecule has 2 aliphatic rings. The van der Waals surface area contributed by atoms with Crippen LogP contribution in [0.2, 0.25) is 0 Å². The van der Waals surface area contributed by atoms with Gasteiger partial charge in [0.2, 0.25) is 0 Å². The third-order valence-electron chi connectivity index (χ3n) is 6.02. The van der Waals surface area contributed by atoms with E-state index in [0.717, 1.165) is 27.8 Å². The first kappa shape index (κ1) is 27.9. The number of carboxylic acids is 1. The van der Waals surface area contributed by atoms with E-state index in [0.29, 0.717) is 17.9 Å². The second-order valence-corrected chi connectivity index (χ2v) is 11.7. The van der Waals surface area contributed by atoms with Gasteiger partial charge < -0.3 is 31.5 Å². The maximum absolute atomic E-state index is 13.1. The van der Waals surface area contributed by atoms with Crippen LogP contribution in [-0.4, -0.2) is 79.1 Å². The number of fused-ring (bicyclic) bond motifs is 2. The number of oxime groups is 1. The SMILES string of the molecule is CCO/N=C(\C(=O)N[C@@H]1C(=O)N2C(C(=O)[O-])=C(C[n+]3ccn4nc(SCCN)ccc43)CS[C@H]12)c1csc(N)n1. The molecule has 1 saturated heterocycles. The van der Waals surface area contributed by atoms with E-state index in [1.807, 2.05) is 16.7 Å². The van der Waals surface area contributed by atoms with Crippen LogP contribution < -0.4 is 26.5 Å². The Morgan fingerprint density at radius 2 is 2.23 bits per heavy atom. The van der Waals surface area contributed by atoms with Crippen LogP contribution in [0, 0.1) is 0 Å². The van der Waals surface area contributed by atoms with E-state index < -0.39 is 29.2 Å². The first-order valence-electron chi connectivity index (χ1n) is 12.1. The van der Waals surface area contributed by atoms with E-state index in [-0.39, 0.29) is 35.4 Å². The second kappa shape index (κ2) is 11.8. The highest BCUT2D eigenvalue weighted by molar-refractivity contribution is 8.00. The van der Waals surface area contributed by atoms with Crippen molar-refractivity contribution in [2.45, 2.75) is 29.9 Å². The Morgan fingerprint density at radius 1 is 1.40 bits per heavy atom. The Labute approximate surface area is 240 Å². The summed E-state index contributed by atoms with van der Waals surface area (Å²) >= 11 is 4.02. The molecule has 0 aliphatic carbocycles. The van der Waals surface area contributed by atoms with Crippen LogP contribution in [0.25, 0.3) is 5.65 Å². The van der Waals surface area contributed by atoms with Gasteiger partial charge >= 0.3 is 5.65 Å². The Kier molecular flexibility index (Phi) is 8.24. The summed E-state index contributed by atoms with van der Waals surface area (Å²) in [7, 11) is 0. The van der Waals surface area contributed by atoms with Gasteiger partial charge in [0.05, 0.1) is 11.7 Å². The van der Waals surface area contributed by atoms with Gasteiger partial charge in [-0.3, -0.25) is 14.5 Å². The van der Waals surface area contributed by atoms with Crippen molar-refractivity contribution in [3.63, 3.8) is 0 Å². The van der Waals surface area contributed by atoms with Gasteiger partial charge in [-0.2, -0.15) is 0 Å². The van der Waals surface area contributed by atoms with Crippen LogP contribution in [0.1, 0.15) is 12.6 Å². The minimum absolute atomic E-state index is 0.131. The molecule has 40 heavy (non-hydrogen) atoms. The van der Waals surface area contributed by atoms with Crippen molar-refractivity contribution < 1.29 is 28.9 Å². The van der Waals surface area contributed by atoms with Gasteiger partial charge in [0.25, 0.3) is 11.8 Å². The summed E-state index contributed by atoms with van der Waals surface area (Å²) in [4.78, 5) is 48.7. The lowest BCUT2D eigenvalue weighted by atomic mass is 10.0. The van der Waals surface area contributed by atoms with Crippen molar-refractivity contribution in [2.75, 3.05) is 30.4 Å². The standard InChI is InChI=1S/C23H25N9O5S3/c1-2-37-29-16(13-11-40-23(25)26-13)19(33)27-17-20(34)32-18(22(35)36)12(10-39-21(17)32)9-30-6-7-31-15(30)4-3-14(28-31)38-8-5-24/h3-4,6-7,11,17,21H,2,5,8-10,24H2,1H3,(H3-,25,26,27,33,35,36)/b29-16-/t17-,21-/m1/s1. The lowest BCUT2D eigenvalue weighted by Crippen LogP contribution is -2.71. The number of β-lactam (4-membered cyclic amide) rings is 1. The molecule has 0 saturated carbocycles. The molecule has 2 aliphatic heterocycles. The second-order valence-electron chi connectivity index (χ2n) is 8.57. The molecule has 210 valence electrons. The fourth-order valence-electron chi connectivity index (χ4n) is 4.28. The van der Waals surface area contributed by atoms with Gasteiger partial charge in [-0.25, -0.2) is 9.55 Å². The molecule has 5 N–H and O–H groups in total. The topological polar surface area (TPSA) is 197 Å². The molecule has 2 amide bonds. The molecule has 3 aromatic heterocycles. The number of aromatic nitrogens is 4. The number of nitrogens with two attached hydrogens (primary N) is 2. The number of nitrogens with zero attached hydrogens (tertiary/aromatic N) is 6. The molecule has 5 rings (SSSR count). The average molecular weight is 604 g/mol. The molecule has 2 atom stereocenters. The van der Waals surface area contributed by atoms with E-state index >= 15 is 0 Å². The number of nitrogens with one attached hydrogen (secondary N) is 1. The lowest BCUT2D eigenvalue weighted by Gasteiger charge is -2.50. The third kappa shape index (κ3) is 5.36. The van der Waals surface area contributed by atoms with E-state index in [2.05, 4.69) is 20.6 Å². The maximum Gasteiger partial charge on any atom is 0.307 e. The molecule has 5 heterocycles. The number of carbonyl (C=O) groups is 3. The quantitative estimate of drug-likeness (QED) is 0.0763. The number of anilines is 1. The van der Waals surface area contributed by atoms with Crippen LogP contribution in [0.5, 0.6) is 0 Å². The average Bonchev–Trinajstić information content (AvgIpc) is 3.55. The van der Waals surface area contributed by atoms with Crippen molar-refractivity contribution >= 4 is 69.1 Å². The summed E-state index contributed by atoms with van der Waals surface area (Å²) in [5, 5.41) is 25.2. The summed E-state index contributed by atoms with van der Waals surface area (Å²) in [6, 6.07) is 2.80. The molecular formula is C23H25N9O5S3.